The van der Waals surface area contributed by atoms with Gasteiger partial charge in [0.25, 0.3) is 5.91 Å². The molecule has 3 rings (SSSR count). The Hall–Kier alpha value is -1.97. The zero-order valence-corrected chi connectivity index (χ0v) is 16.9. The van der Waals surface area contributed by atoms with E-state index < -0.39 is 15.7 Å². The lowest BCUT2D eigenvalue weighted by Gasteiger charge is -2.11. The van der Waals surface area contributed by atoms with Crippen LogP contribution in [0.2, 0.25) is 5.02 Å². The van der Waals surface area contributed by atoms with Crippen LogP contribution in [-0.4, -0.2) is 37.4 Å². The number of carbonyl (C=O) groups is 1. The number of oxime groups is 1. The van der Waals surface area contributed by atoms with Crippen LogP contribution in [0.3, 0.4) is 0 Å². The fourth-order valence-electron chi connectivity index (χ4n) is 2.74. The smallest absolute Gasteiger partial charge is 0.280 e. The third-order valence-electron chi connectivity index (χ3n) is 4.07. The lowest BCUT2D eigenvalue weighted by atomic mass is 10.1. The van der Waals surface area contributed by atoms with Gasteiger partial charge in [-0.2, -0.15) is 0 Å². The van der Waals surface area contributed by atoms with Crippen molar-refractivity contribution in [2.45, 2.75) is 36.7 Å². The van der Waals surface area contributed by atoms with Crippen molar-refractivity contribution in [2.75, 3.05) is 11.6 Å². The molecule has 0 radical (unpaired) electrons. The van der Waals surface area contributed by atoms with Crippen molar-refractivity contribution in [3.63, 3.8) is 0 Å². The van der Waals surface area contributed by atoms with Gasteiger partial charge in [0.2, 0.25) is 0 Å². The molecule has 0 spiro atoms. The van der Waals surface area contributed by atoms with E-state index in [4.69, 9.17) is 16.4 Å². The van der Waals surface area contributed by atoms with Gasteiger partial charge in [-0.05, 0) is 37.8 Å². The molecule has 1 amide bonds. The first-order valence-electron chi connectivity index (χ1n) is 8.29. The summed E-state index contributed by atoms with van der Waals surface area (Å²) in [4.78, 5) is 22.2. The predicted octanol–water partition coefficient (Wildman–Crippen LogP) is 3.50. The highest BCUT2D eigenvalue weighted by Gasteiger charge is 2.22. The van der Waals surface area contributed by atoms with Crippen molar-refractivity contribution >= 4 is 49.5 Å². The minimum atomic E-state index is -3.47. The minimum absolute atomic E-state index is 0.00990. The number of sulfone groups is 1. The summed E-state index contributed by atoms with van der Waals surface area (Å²) in [6.45, 7) is 0. The molecule has 1 aromatic carbocycles. The Morgan fingerprint density at radius 2 is 2.11 bits per heavy atom. The van der Waals surface area contributed by atoms with E-state index in [0.29, 0.717) is 10.7 Å². The summed E-state index contributed by atoms with van der Waals surface area (Å²) in [5, 5.41) is 8.90. The summed E-state index contributed by atoms with van der Waals surface area (Å²) >= 11 is 7.39. The molecular weight excluding hydrogens is 410 g/mol. The van der Waals surface area contributed by atoms with E-state index in [-0.39, 0.29) is 21.7 Å². The van der Waals surface area contributed by atoms with Gasteiger partial charge in [-0.15, -0.1) is 11.3 Å². The summed E-state index contributed by atoms with van der Waals surface area (Å²) in [5.41, 5.74) is 0.374. The van der Waals surface area contributed by atoms with Gasteiger partial charge in [0.1, 0.15) is 6.10 Å². The van der Waals surface area contributed by atoms with Crippen molar-refractivity contribution in [3.8, 4) is 0 Å². The second-order valence-corrected chi connectivity index (χ2v) is 9.45. The van der Waals surface area contributed by atoms with Crippen LogP contribution in [0.4, 0.5) is 5.13 Å². The highest BCUT2D eigenvalue weighted by molar-refractivity contribution is 7.90. The summed E-state index contributed by atoms with van der Waals surface area (Å²) in [7, 11) is -3.47. The van der Waals surface area contributed by atoms with Crippen LogP contribution in [-0.2, 0) is 19.5 Å². The average Bonchev–Trinajstić information content (AvgIpc) is 3.27. The number of nitrogens with zero attached hydrogens (tertiary/aromatic N) is 2. The molecule has 1 heterocycles. The normalized spacial score (nSPS) is 15.7. The van der Waals surface area contributed by atoms with Crippen molar-refractivity contribution in [2.24, 2.45) is 5.16 Å². The van der Waals surface area contributed by atoms with Crippen molar-refractivity contribution < 1.29 is 18.0 Å². The Kier molecular flexibility index (Phi) is 6.13. The third-order valence-corrected chi connectivity index (χ3v) is 6.34. The summed E-state index contributed by atoms with van der Waals surface area (Å²) < 4.78 is 23.5. The lowest BCUT2D eigenvalue weighted by molar-refractivity contribution is -0.110. The number of benzene rings is 1. The van der Waals surface area contributed by atoms with Gasteiger partial charge >= 0.3 is 0 Å². The second-order valence-electron chi connectivity index (χ2n) is 6.16. The van der Waals surface area contributed by atoms with Crippen molar-refractivity contribution in [1.29, 1.82) is 0 Å². The molecule has 0 bridgehead atoms. The topological polar surface area (TPSA) is 97.7 Å². The highest BCUT2D eigenvalue weighted by Crippen LogP contribution is 2.25. The zero-order chi connectivity index (χ0) is 19.4. The third kappa shape index (κ3) is 5.06. The molecule has 0 unspecified atom stereocenters. The number of thiazole rings is 1. The molecule has 0 atom stereocenters. The van der Waals surface area contributed by atoms with Crippen LogP contribution in [0.5, 0.6) is 0 Å². The Balaban J connectivity index is 1.91. The Morgan fingerprint density at radius 1 is 1.37 bits per heavy atom. The SMILES string of the molecule is CS(=O)(=O)c1ccc(/C(=N/OC2CCCC2)C(=O)Nc2nccs2)cc1Cl. The van der Waals surface area contributed by atoms with Gasteiger partial charge < -0.3 is 4.84 Å². The zero-order valence-electron chi connectivity index (χ0n) is 14.5. The second kappa shape index (κ2) is 8.37. The van der Waals surface area contributed by atoms with Gasteiger partial charge in [0.05, 0.1) is 9.92 Å². The molecule has 1 aliphatic carbocycles. The average molecular weight is 428 g/mol. The van der Waals surface area contributed by atoms with Gasteiger partial charge in [-0.25, -0.2) is 13.4 Å². The molecule has 1 saturated carbocycles. The number of hydrogen-bond donors (Lipinski definition) is 1. The number of anilines is 1. The summed E-state index contributed by atoms with van der Waals surface area (Å²) in [6.07, 6.45) is 6.52. The van der Waals surface area contributed by atoms with Crippen LogP contribution >= 0.6 is 22.9 Å². The number of halogens is 1. The maximum Gasteiger partial charge on any atom is 0.280 e. The Morgan fingerprint density at radius 3 is 2.70 bits per heavy atom. The molecule has 1 aromatic heterocycles. The predicted molar refractivity (Wildman–Crippen MR) is 105 cm³/mol. The van der Waals surface area contributed by atoms with Crippen molar-refractivity contribution in [3.05, 3.63) is 40.4 Å². The Bertz CT molecular complexity index is 953. The molecule has 7 nitrogen and oxygen atoms in total. The molecule has 0 saturated heterocycles. The standard InChI is InChI=1S/C17H18ClN3O4S2/c1-27(23,24)14-7-6-11(10-13(14)18)15(21-25-12-4-2-3-5-12)16(22)20-17-19-8-9-26-17/h6-10,12H,2-5H2,1H3,(H,19,20,22)/b21-15-. The number of nitrogens with one attached hydrogen (secondary N) is 1. The molecule has 2 aromatic rings. The fraction of sp³-hybridized carbons (Fsp3) is 0.353. The number of rotatable bonds is 6. The first kappa shape index (κ1) is 19.8. The van der Waals surface area contributed by atoms with E-state index in [9.17, 15) is 13.2 Å². The molecule has 1 aliphatic rings. The summed E-state index contributed by atoms with van der Waals surface area (Å²) in [6, 6.07) is 4.24. The molecule has 1 N–H and O–H groups in total. The number of aromatic nitrogens is 1. The highest BCUT2D eigenvalue weighted by atomic mass is 35.5. The molecule has 0 aliphatic heterocycles. The quantitative estimate of drug-likeness (QED) is 0.562. The molecule has 144 valence electrons. The van der Waals surface area contributed by atoms with Gasteiger partial charge in [-0.1, -0.05) is 22.8 Å². The number of amides is 1. The first-order chi connectivity index (χ1) is 12.8. The van der Waals surface area contributed by atoms with E-state index in [1.807, 2.05) is 0 Å². The monoisotopic (exact) mass is 427 g/mol. The van der Waals surface area contributed by atoms with Crippen molar-refractivity contribution in [1.82, 2.24) is 4.98 Å². The van der Waals surface area contributed by atoms with Crippen LogP contribution in [0.25, 0.3) is 0 Å². The van der Waals surface area contributed by atoms with Crippen LogP contribution < -0.4 is 5.32 Å². The minimum Gasteiger partial charge on any atom is -0.392 e. The number of carbonyl (C=O) groups excluding carboxylic acids is 1. The Labute approximate surface area is 166 Å². The van der Waals surface area contributed by atoms with Crippen LogP contribution in [0.1, 0.15) is 31.2 Å². The van der Waals surface area contributed by atoms with Gasteiger partial charge in [-0.3, -0.25) is 10.1 Å². The lowest BCUT2D eigenvalue weighted by Crippen LogP contribution is -2.25. The van der Waals surface area contributed by atoms with E-state index in [1.165, 1.54) is 29.5 Å². The maximum absolute atomic E-state index is 12.7. The molecule has 1 fully saturated rings. The molecule has 27 heavy (non-hydrogen) atoms. The molecular formula is C17H18ClN3O4S2. The fourth-order valence-corrected chi connectivity index (χ4v) is 4.59. The van der Waals surface area contributed by atoms with Gasteiger partial charge in [0, 0.05) is 23.4 Å². The molecule has 10 heteroatoms. The van der Waals surface area contributed by atoms with Crippen LogP contribution in [0.15, 0.2) is 39.8 Å². The maximum atomic E-state index is 12.7. The van der Waals surface area contributed by atoms with E-state index in [1.54, 1.807) is 11.6 Å². The largest absolute Gasteiger partial charge is 0.392 e. The van der Waals surface area contributed by atoms with Gasteiger partial charge in [0.15, 0.2) is 20.7 Å². The van der Waals surface area contributed by atoms with E-state index >= 15 is 0 Å². The first-order valence-corrected chi connectivity index (χ1v) is 11.4. The van der Waals surface area contributed by atoms with E-state index in [0.717, 1.165) is 31.9 Å². The van der Waals surface area contributed by atoms with E-state index in [2.05, 4.69) is 15.5 Å². The van der Waals surface area contributed by atoms with Crippen LogP contribution in [0, 0.1) is 0 Å². The number of hydrogen-bond acceptors (Lipinski definition) is 7. The summed E-state index contributed by atoms with van der Waals surface area (Å²) in [5.74, 6) is -0.508.